The zero-order chi connectivity index (χ0) is 44.8. The first kappa shape index (κ1) is 57.4. The van der Waals surface area contributed by atoms with Gasteiger partial charge in [-0.15, -0.1) is 0 Å². The maximum absolute atomic E-state index is 13.1. The average Bonchev–Trinajstić information content (AvgIpc) is 3.24. The van der Waals surface area contributed by atoms with Crippen LogP contribution in [0.2, 0.25) is 0 Å². The fraction of sp³-hybridized carbons (Fsp3) is 0.920. The van der Waals surface area contributed by atoms with Crippen LogP contribution in [-0.2, 0) is 19.1 Å². The molecule has 61 heavy (non-hydrogen) atoms. The van der Waals surface area contributed by atoms with E-state index in [2.05, 4.69) is 36.6 Å². The first-order valence-corrected chi connectivity index (χ1v) is 25.5. The largest absolute Gasteiger partial charge is 0.390 e. The molecule has 360 valence electrons. The fourth-order valence-corrected chi connectivity index (χ4v) is 8.22. The highest BCUT2D eigenvalue weighted by Crippen LogP contribution is 2.23. The number of aliphatic hydroxyl groups is 5. The topological polar surface area (TPSA) is 178 Å². The predicted octanol–water partition coefficient (Wildman–Crippen LogP) is 9.62. The van der Waals surface area contributed by atoms with E-state index in [9.17, 15) is 35.1 Å². The summed E-state index contributed by atoms with van der Waals surface area (Å²) in [4.78, 5) is 24.6. The third-order valence-electron chi connectivity index (χ3n) is 12.3. The highest BCUT2D eigenvalue weighted by Gasteiger charge is 2.45. The normalized spacial score (nSPS) is 20.8. The molecule has 11 heteroatoms. The van der Waals surface area contributed by atoms with Gasteiger partial charge in [-0.3, -0.25) is 9.59 Å². The van der Waals surface area contributed by atoms with Crippen LogP contribution in [0, 0.1) is 0 Å². The third-order valence-corrected chi connectivity index (χ3v) is 12.3. The molecule has 0 aromatic carbocycles. The van der Waals surface area contributed by atoms with E-state index in [0.717, 1.165) is 44.9 Å². The number of hydrogen-bond donors (Lipinski definition) is 7. The maximum Gasteiger partial charge on any atom is 0.220 e. The minimum atomic E-state index is -1.61. The number of allylic oxidation sites excluding steroid dienone is 2. The molecule has 1 saturated heterocycles. The van der Waals surface area contributed by atoms with E-state index >= 15 is 0 Å². The molecule has 7 N–H and O–H groups in total. The molecule has 2 amide bonds. The van der Waals surface area contributed by atoms with Gasteiger partial charge in [-0.1, -0.05) is 193 Å². The molecule has 0 radical (unpaired) electrons. The Morgan fingerprint density at radius 2 is 1.02 bits per heavy atom. The number of amides is 2. The lowest BCUT2D eigenvalue weighted by atomic mass is 9.98. The summed E-state index contributed by atoms with van der Waals surface area (Å²) in [6.45, 7) is 5.39. The van der Waals surface area contributed by atoms with Crippen LogP contribution in [0.15, 0.2) is 12.2 Å². The minimum Gasteiger partial charge on any atom is -0.390 e. The summed E-state index contributed by atoms with van der Waals surface area (Å²) >= 11 is 0. The van der Waals surface area contributed by atoms with Crippen molar-refractivity contribution in [1.29, 1.82) is 0 Å². The summed E-state index contributed by atoms with van der Waals surface area (Å²) in [5.41, 5.74) is 0. The number of nitrogens with one attached hydrogen (secondary N) is 2. The van der Waals surface area contributed by atoms with E-state index in [0.29, 0.717) is 12.8 Å². The van der Waals surface area contributed by atoms with Crippen molar-refractivity contribution < 1.29 is 44.6 Å². The molecule has 1 rings (SSSR count). The van der Waals surface area contributed by atoms with Gasteiger partial charge in [0.2, 0.25) is 11.8 Å². The lowest BCUT2D eigenvalue weighted by Crippen LogP contribution is -2.61. The van der Waals surface area contributed by atoms with E-state index in [4.69, 9.17) is 9.47 Å². The summed E-state index contributed by atoms with van der Waals surface area (Å²) in [6, 6.07) is -1.00. The molecule has 0 spiro atoms. The van der Waals surface area contributed by atoms with E-state index in [-0.39, 0.29) is 31.4 Å². The molecule has 1 fully saturated rings. The van der Waals surface area contributed by atoms with Crippen LogP contribution in [0.3, 0.4) is 0 Å². The van der Waals surface area contributed by atoms with Crippen molar-refractivity contribution in [2.24, 2.45) is 0 Å². The number of ether oxygens (including phenoxy) is 2. The molecular formula is C50H96N2O9. The highest BCUT2D eigenvalue weighted by molar-refractivity contribution is 5.76. The van der Waals surface area contributed by atoms with Crippen LogP contribution in [-0.4, -0.2) is 99.5 Å². The summed E-state index contributed by atoms with van der Waals surface area (Å²) < 4.78 is 11.5. The van der Waals surface area contributed by atoms with Crippen molar-refractivity contribution in [2.75, 3.05) is 13.2 Å². The van der Waals surface area contributed by atoms with Gasteiger partial charge in [0.15, 0.2) is 6.29 Å². The number of carbonyl (C=O) groups excluding carboxylic acids is 2. The molecule has 0 saturated carbocycles. The minimum absolute atomic E-state index is 0.113. The number of aliphatic hydroxyl groups excluding tert-OH is 5. The van der Waals surface area contributed by atoms with Crippen LogP contribution in [0.1, 0.15) is 233 Å². The van der Waals surface area contributed by atoms with Crippen molar-refractivity contribution in [1.82, 2.24) is 10.6 Å². The van der Waals surface area contributed by atoms with Gasteiger partial charge >= 0.3 is 0 Å². The fourth-order valence-electron chi connectivity index (χ4n) is 8.22. The molecule has 0 bridgehead atoms. The molecule has 2 unspecified atom stereocenters. The van der Waals surface area contributed by atoms with Crippen molar-refractivity contribution in [3.05, 3.63) is 12.2 Å². The predicted molar refractivity (Wildman–Crippen MR) is 248 cm³/mol. The zero-order valence-electron chi connectivity index (χ0n) is 39.4. The van der Waals surface area contributed by atoms with Crippen LogP contribution in [0.5, 0.6) is 0 Å². The Morgan fingerprint density at radius 1 is 0.590 bits per heavy atom. The summed E-state index contributed by atoms with van der Waals surface area (Å²) in [7, 11) is 0. The van der Waals surface area contributed by atoms with Gasteiger partial charge in [-0.25, -0.2) is 0 Å². The molecule has 0 aliphatic carbocycles. The maximum atomic E-state index is 13.1. The lowest BCUT2D eigenvalue weighted by molar-refractivity contribution is -0.297. The Bertz CT molecular complexity index is 1050. The van der Waals surface area contributed by atoms with Crippen molar-refractivity contribution in [3.63, 3.8) is 0 Å². The standard InChI is InChI=1S/C50H96N2O9/c1-4-6-8-10-12-14-16-18-19-20-21-22-23-24-25-26-28-30-32-34-36-38-45(55)52-42(40-60-50-49(59)48(58)47(57)44(61-50)39-51-41(3)53)46(56)43(54)37-35-33-31-29-27-17-15-13-11-9-7-5-2/h18-19,42-44,46-50,54,56-59H,4-17,20-40H2,1-3H3,(H,51,53)(H,52,55)/t42-,43+,44?,46-,47-,48-,49?,50-/m0/s1. The van der Waals surface area contributed by atoms with Crippen molar-refractivity contribution >= 4 is 11.8 Å². The smallest absolute Gasteiger partial charge is 0.220 e. The molecule has 11 nitrogen and oxygen atoms in total. The van der Waals surface area contributed by atoms with Crippen LogP contribution in [0.25, 0.3) is 0 Å². The first-order chi connectivity index (χ1) is 29.6. The Balaban J connectivity index is 2.41. The lowest BCUT2D eigenvalue weighted by Gasteiger charge is -2.41. The van der Waals surface area contributed by atoms with Crippen LogP contribution in [0.4, 0.5) is 0 Å². The Labute approximate surface area is 373 Å². The van der Waals surface area contributed by atoms with Gasteiger partial charge in [-0.2, -0.15) is 0 Å². The second-order valence-electron chi connectivity index (χ2n) is 18.2. The summed E-state index contributed by atoms with van der Waals surface area (Å²) in [5.74, 6) is -0.613. The van der Waals surface area contributed by atoms with E-state index in [1.807, 2.05) is 0 Å². The van der Waals surface area contributed by atoms with E-state index in [1.165, 1.54) is 155 Å². The Kier molecular flexibility index (Phi) is 37.6. The van der Waals surface area contributed by atoms with Gasteiger partial charge in [0, 0.05) is 19.9 Å². The monoisotopic (exact) mass is 869 g/mol. The van der Waals surface area contributed by atoms with Crippen molar-refractivity contribution in [3.8, 4) is 0 Å². The van der Waals surface area contributed by atoms with Gasteiger partial charge in [0.05, 0.1) is 18.8 Å². The molecule has 1 aliphatic heterocycles. The van der Waals surface area contributed by atoms with Crippen molar-refractivity contribution in [2.45, 2.75) is 282 Å². The second-order valence-corrected chi connectivity index (χ2v) is 18.2. The molecule has 1 heterocycles. The van der Waals surface area contributed by atoms with E-state index in [1.54, 1.807) is 0 Å². The van der Waals surface area contributed by atoms with Gasteiger partial charge < -0.3 is 45.6 Å². The van der Waals surface area contributed by atoms with Crippen LogP contribution >= 0.6 is 0 Å². The average molecular weight is 869 g/mol. The van der Waals surface area contributed by atoms with Gasteiger partial charge in [0.25, 0.3) is 0 Å². The zero-order valence-corrected chi connectivity index (χ0v) is 39.4. The second kappa shape index (κ2) is 40.0. The third kappa shape index (κ3) is 31.0. The molecule has 8 atom stereocenters. The van der Waals surface area contributed by atoms with E-state index < -0.39 is 49.0 Å². The number of rotatable bonds is 42. The number of carbonyl (C=O) groups is 2. The molecule has 0 aromatic heterocycles. The Hall–Kier alpha value is -1.60. The quantitative estimate of drug-likeness (QED) is 0.0233. The SMILES string of the molecule is CCCCCCCCC=CCCCCCCCCCCCCCC(=O)N[C@@H](CO[C@H]1OC(CNC(C)=O)[C@H](O)[C@H](O)C1O)[C@H](O)[C@H](O)CCCCCCCCCCCCCC. The molecule has 0 aromatic rings. The summed E-state index contributed by atoms with van der Waals surface area (Å²) in [6.07, 6.45) is 33.6. The first-order valence-electron chi connectivity index (χ1n) is 25.5. The number of unbranched alkanes of at least 4 members (excludes halogenated alkanes) is 28. The van der Waals surface area contributed by atoms with Gasteiger partial charge in [0.1, 0.15) is 30.5 Å². The van der Waals surface area contributed by atoms with Crippen LogP contribution < -0.4 is 10.6 Å². The number of hydrogen-bond acceptors (Lipinski definition) is 9. The Morgan fingerprint density at radius 3 is 1.48 bits per heavy atom. The highest BCUT2D eigenvalue weighted by atomic mass is 16.7. The summed E-state index contributed by atoms with van der Waals surface area (Å²) in [5, 5.41) is 59.1. The molecular weight excluding hydrogens is 773 g/mol. The van der Waals surface area contributed by atoms with Gasteiger partial charge in [-0.05, 0) is 38.5 Å². The molecule has 1 aliphatic rings.